The van der Waals surface area contributed by atoms with Crippen molar-refractivity contribution >= 4 is 11.4 Å². The molecule has 0 saturated heterocycles. The zero-order chi connectivity index (χ0) is 13.7. The number of nitrogens with zero attached hydrogens (tertiary/aromatic N) is 1. The zero-order valence-electron chi connectivity index (χ0n) is 10.2. The molecule has 0 aliphatic heterocycles. The van der Waals surface area contributed by atoms with Crippen LogP contribution in [0, 0.1) is 10.1 Å². The summed E-state index contributed by atoms with van der Waals surface area (Å²) in [5.41, 5.74) is 1.98. The number of aromatic hydroxyl groups is 1. The van der Waals surface area contributed by atoms with Crippen LogP contribution in [-0.2, 0) is 6.42 Å². The van der Waals surface area contributed by atoms with Gasteiger partial charge in [0.2, 0.25) is 0 Å². The smallest absolute Gasteiger partial charge is 0.269 e. The highest BCUT2D eigenvalue weighted by Crippen LogP contribution is 2.16. The highest BCUT2D eigenvalue weighted by molar-refractivity contribution is 5.47. The van der Waals surface area contributed by atoms with Crippen LogP contribution < -0.4 is 5.32 Å². The molecular weight excluding hydrogens is 244 g/mol. The SMILES string of the molecule is O=[N+]([O-])c1ccc(CCNc2cccc(O)c2)cc1. The molecule has 0 amide bonds. The van der Waals surface area contributed by atoms with Crippen LogP contribution >= 0.6 is 0 Å². The topological polar surface area (TPSA) is 75.4 Å². The second-order valence-electron chi connectivity index (χ2n) is 4.15. The molecule has 0 bridgehead atoms. The van der Waals surface area contributed by atoms with Gasteiger partial charge in [-0.3, -0.25) is 10.1 Å². The number of anilines is 1. The molecule has 0 unspecified atom stereocenters. The Morgan fingerprint density at radius 1 is 1.16 bits per heavy atom. The van der Waals surface area contributed by atoms with Gasteiger partial charge in [0.1, 0.15) is 5.75 Å². The molecule has 2 aromatic rings. The minimum Gasteiger partial charge on any atom is -0.508 e. The van der Waals surface area contributed by atoms with Gasteiger partial charge < -0.3 is 10.4 Å². The van der Waals surface area contributed by atoms with E-state index in [1.807, 2.05) is 6.07 Å². The summed E-state index contributed by atoms with van der Waals surface area (Å²) >= 11 is 0. The summed E-state index contributed by atoms with van der Waals surface area (Å²) in [4.78, 5) is 10.1. The highest BCUT2D eigenvalue weighted by Gasteiger charge is 2.03. The van der Waals surface area contributed by atoms with E-state index in [9.17, 15) is 15.2 Å². The zero-order valence-corrected chi connectivity index (χ0v) is 10.2. The molecule has 2 rings (SSSR count). The summed E-state index contributed by atoms with van der Waals surface area (Å²) in [5, 5.41) is 23.0. The first-order valence-corrected chi connectivity index (χ1v) is 5.91. The van der Waals surface area contributed by atoms with E-state index in [4.69, 9.17) is 0 Å². The van der Waals surface area contributed by atoms with E-state index in [0.717, 1.165) is 17.7 Å². The molecule has 0 heterocycles. The van der Waals surface area contributed by atoms with Crippen molar-refractivity contribution in [3.63, 3.8) is 0 Å². The number of non-ortho nitro benzene ring substituents is 1. The summed E-state index contributed by atoms with van der Waals surface area (Å²) in [7, 11) is 0. The normalized spacial score (nSPS) is 10.1. The Balaban J connectivity index is 1.87. The fourth-order valence-corrected chi connectivity index (χ4v) is 1.75. The molecular formula is C14H14N2O3. The first-order valence-electron chi connectivity index (χ1n) is 5.91. The maximum Gasteiger partial charge on any atom is 0.269 e. The van der Waals surface area contributed by atoms with Gasteiger partial charge in [-0.2, -0.15) is 0 Å². The Kier molecular flexibility index (Phi) is 3.97. The Morgan fingerprint density at radius 3 is 2.53 bits per heavy atom. The van der Waals surface area contributed by atoms with Gasteiger partial charge in [0, 0.05) is 30.4 Å². The van der Waals surface area contributed by atoms with Crippen LogP contribution in [0.4, 0.5) is 11.4 Å². The van der Waals surface area contributed by atoms with Gasteiger partial charge in [0.25, 0.3) is 5.69 Å². The van der Waals surface area contributed by atoms with Crippen LogP contribution in [0.1, 0.15) is 5.56 Å². The quantitative estimate of drug-likeness (QED) is 0.638. The lowest BCUT2D eigenvalue weighted by Gasteiger charge is -2.06. The summed E-state index contributed by atoms with van der Waals surface area (Å²) in [6, 6.07) is 13.4. The van der Waals surface area contributed by atoms with E-state index in [-0.39, 0.29) is 11.4 Å². The Hall–Kier alpha value is -2.56. The van der Waals surface area contributed by atoms with Gasteiger partial charge in [-0.05, 0) is 24.1 Å². The van der Waals surface area contributed by atoms with Gasteiger partial charge in [-0.1, -0.05) is 18.2 Å². The summed E-state index contributed by atoms with van der Waals surface area (Å²) in [5.74, 6) is 0.223. The van der Waals surface area contributed by atoms with Crippen molar-refractivity contribution in [2.75, 3.05) is 11.9 Å². The van der Waals surface area contributed by atoms with Crippen molar-refractivity contribution in [2.45, 2.75) is 6.42 Å². The number of nitrogens with one attached hydrogen (secondary N) is 1. The average Bonchev–Trinajstić information content (AvgIpc) is 2.39. The molecule has 0 aliphatic carbocycles. The molecule has 0 atom stereocenters. The van der Waals surface area contributed by atoms with Crippen LogP contribution in [0.5, 0.6) is 5.75 Å². The monoisotopic (exact) mass is 258 g/mol. The van der Waals surface area contributed by atoms with E-state index in [1.54, 1.807) is 30.3 Å². The predicted molar refractivity (Wildman–Crippen MR) is 73.4 cm³/mol. The van der Waals surface area contributed by atoms with Crippen molar-refractivity contribution < 1.29 is 10.0 Å². The van der Waals surface area contributed by atoms with E-state index < -0.39 is 4.92 Å². The standard InChI is InChI=1S/C14H14N2O3/c17-14-3-1-2-12(10-14)15-9-8-11-4-6-13(7-5-11)16(18)19/h1-7,10,15,17H,8-9H2. The van der Waals surface area contributed by atoms with Crippen LogP contribution in [0.3, 0.4) is 0 Å². The van der Waals surface area contributed by atoms with Crippen molar-refractivity contribution in [1.82, 2.24) is 0 Å². The lowest BCUT2D eigenvalue weighted by Crippen LogP contribution is -2.04. The van der Waals surface area contributed by atoms with Gasteiger partial charge in [-0.25, -0.2) is 0 Å². The van der Waals surface area contributed by atoms with E-state index >= 15 is 0 Å². The highest BCUT2D eigenvalue weighted by atomic mass is 16.6. The molecule has 0 radical (unpaired) electrons. The van der Waals surface area contributed by atoms with Crippen LogP contribution in [0.15, 0.2) is 48.5 Å². The fraction of sp³-hybridized carbons (Fsp3) is 0.143. The molecule has 98 valence electrons. The molecule has 0 saturated carbocycles. The number of hydrogen-bond donors (Lipinski definition) is 2. The molecule has 2 aromatic carbocycles. The van der Waals surface area contributed by atoms with Crippen molar-refractivity contribution in [3.8, 4) is 5.75 Å². The lowest BCUT2D eigenvalue weighted by atomic mass is 10.1. The van der Waals surface area contributed by atoms with Crippen LogP contribution in [-0.4, -0.2) is 16.6 Å². The van der Waals surface area contributed by atoms with Crippen molar-refractivity contribution in [2.24, 2.45) is 0 Å². The lowest BCUT2D eigenvalue weighted by molar-refractivity contribution is -0.384. The predicted octanol–water partition coefficient (Wildman–Crippen LogP) is 2.96. The number of phenolic OH excluding ortho intramolecular Hbond substituents is 1. The molecule has 2 N–H and O–H groups in total. The molecule has 19 heavy (non-hydrogen) atoms. The number of rotatable bonds is 5. The van der Waals surface area contributed by atoms with Gasteiger partial charge in [-0.15, -0.1) is 0 Å². The fourth-order valence-electron chi connectivity index (χ4n) is 1.75. The third-order valence-corrected chi connectivity index (χ3v) is 2.74. The van der Waals surface area contributed by atoms with E-state index in [1.165, 1.54) is 12.1 Å². The van der Waals surface area contributed by atoms with Crippen LogP contribution in [0.2, 0.25) is 0 Å². The second-order valence-corrected chi connectivity index (χ2v) is 4.15. The minimum absolute atomic E-state index is 0.102. The first-order chi connectivity index (χ1) is 9.15. The molecule has 5 nitrogen and oxygen atoms in total. The summed E-state index contributed by atoms with van der Waals surface area (Å²) < 4.78 is 0. The maximum absolute atomic E-state index is 10.5. The van der Waals surface area contributed by atoms with Gasteiger partial charge in [0.05, 0.1) is 4.92 Å². The number of phenols is 1. The molecule has 0 aromatic heterocycles. The number of hydrogen-bond acceptors (Lipinski definition) is 4. The largest absolute Gasteiger partial charge is 0.508 e. The summed E-state index contributed by atoms with van der Waals surface area (Å²) in [6.45, 7) is 0.696. The molecule has 0 aliphatic rings. The summed E-state index contributed by atoms with van der Waals surface area (Å²) in [6.07, 6.45) is 0.758. The van der Waals surface area contributed by atoms with E-state index in [2.05, 4.69) is 5.32 Å². The van der Waals surface area contributed by atoms with Gasteiger partial charge >= 0.3 is 0 Å². The number of nitro benzene ring substituents is 1. The van der Waals surface area contributed by atoms with Crippen LogP contribution in [0.25, 0.3) is 0 Å². The average molecular weight is 258 g/mol. The molecule has 0 fully saturated rings. The van der Waals surface area contributed by atoms with Crippen molar-refractivity contribution in [3.05, 3.63) is 64.2 Å². The first kappa shape index (κ1) is 12.9. The molecule has 0 spiro atoms. The Morgan fingerprint density at radius 2 is 1.89 bits per heavy atom. The number of benzene rings is 2. The van der Waals surface area contributed by atoms with E-state index in [0.29, 0.717) is 6.54 Å². The van der Waals surface area contributed by atoms with Gasteiger partial charge in [0.15, 0.2) is 0 Å². The molecule has 5 heteroatoms. The second kappa shape index (κ2) is 5.86. The Bertz CT molecular complexity index is 567. The third-order valence-electron chi connectivity index (χ3n) is 2.74. The minimum atomic E-state index is -0.408. The third kappa shape index (κ3) is 3.70. The van der Waals surface area contributed by atoms with Crippen molar-refractivity contribution in [1.29, 1.82) is 0 Å². The maximum atomic E-state index is 10.5. The number of nitro groups is 1. The Labute approximate surface area is 110 Å².